The fourth-order valence-corrected chi connectivity index (χ4v) is 3.35. The van der Waals surface area contributed by atoms with Gasteiger partial charge in [0.15, 0.2) is 0 Å². The lowest BCUT2D eigenvalue weighted by Gasteiger charge is -2.13. The fourth-order valence-electron chi connectivity index (χ4n) is 1.59. The third-order valence-electron chi connectivity index (χ3n) is 2.42. The van der Waals surface area contributed by atoms with Crippen LogP contribution in [0.4, 0.5) is 14.5 Å². The van der Waals surface area contributed by atoms with Crippen LogP contribution in [0.1, 0.15) is 10.4 Å². The zero-order valence-electron chi connectivity index (χ0n) is 9.21. The average Bonchev–Trinajstić information content (AvgIpc) is 2.67. The number of benzene rings is 1. The molecule has 0 saturated heterocycles. The quantitative estimate of drug-likeness (QED) is 0.508. The van der Waals surface area contributed by atoms with Crippen molar-refractivity contribution in [3.63, 3.8) is 0 Å². The monoisotopic (exact) mass is 287 g/mol. The molecular weight excluding hydrogens is 280 g/mol. The van der Waals surface area contributed by atoms with Crippen LogP contribution in [0.5, 0.6) is 0 Å². The van der Waals surface area contributed by atoms with Crippen LogP contribution in [0.25, 0.3) is 0 Å². The number of halogens is 2. The summed E-state index contributed by atoms with van der Waals surface area (Å²) in [5, 5.41) is 19.8. The maximum absolute atomic E-state index is 13.5. The summed E-state index contributed by atoms with van der Waals surface area (Å²) in [4.78, 5) is 20.8. The molecule has 2 rings (SSSR count). The Morgan fingerprint density at radius 3 is 2.53 bits per heavy atom. The molecule has 100 valence electrons. The molecule has 0 saturated carbocycles. The summed E-state index contributed by atoms with van der Waals surface area (Å²) in [5.41, 5.74) is -0.637. The molecule has 1 atom stereocenters. The Kier molecular flexibility index (Phi) is 3.34. The molecule has 8 heteroatoms. The van der Waals surface area contributed by atoms with Crippen LogP contribution in [0, 0.1) is 10.1 Å². The number of carboxylic acids is 1. The second-order valence-corrected chi connectivity index (χ2v) is 5.52. The summed E-state index contributed by atoms with van der Waals surface area (Å²) in [6, 6.07) is 3.05. The van der Waals surface area contributed by atoms with Gasteiger partial charge in [0.05, 0.1) is 15.4 Å². The number of rotatable bonds is 3. The smallest absolute Gasteiger partial charge is 0.335 e. The summed E-state index contributed by atoms with van der Waals surface area (Å²) in [5.74, 6) is -2.11. The Morgan fingerprint density at radius 2 is 2.05 bits per heavy atom. The van der Waals surface area contributed by atoms with Crippen LogP contribution in [0.3, 0.4) is 0 Å². The molecule has 1 aliphatic rings. The number of hydrogen-bond donors (Lipinski definition) is 2. The average molecular weight is 287 g/mol. The Balaban J connectivity index is 2.59. The normalized spacial score (nSPS) is 19.8. The van der Waals surface area contributed by atoms with Gasteiger partial charge < -0.3 is 5.11 Å². The number of nitro benzene ring substituents is 1. The molecule has 5 nitrogen and oxygen atoms in total. The van der Waals surface area contributed by atoms with E-state index >= 15 is 0 Å². The van der Waals surface area contributed by atoms with Crippen molar-refractivity contribution in [1.82, 2.24) is 0 Å². The van der Waals surface area contributed by atoms with Gasteiger partial charge >= 0.3 is 5.97 Å². The van der Waals surface area contributed by atoms with E-state index in [1.54, 1.807) is 0 Å². The number of nitrogens with zero attached hydrogens (tertiary/aromatic N) is 1. The highest BCUT2D eigenvalue weighted by atomic mass is 32.2. The van der Waals surface area contributed by atoms with E-state index in [0.717, 1.165) is 23.6 Å². The summed E-state index contributed by atoms with van der Waals surface area (Å²) < 4.78 is 26.5. The largest absolute Gasteiger partial charge is 0.478 e. The Labute approximate surface area is 108 Å². The molecule has 0 amide bonds. The Morgan fingerprint density at radius 1 is 1.37 bits per heavy atom. The van der Waals surface area contributed by atoms with Gasteiger partial charge in [-0.3, -0.25) is 10.1 Å². The van der Waals surface area contributed by atoms with Crippen LogP contribution in [0.15, 0.2) is 45.6 Å². The van der Waals surface area contributed by atoms with Crippen molar-refractivity contribution in [3.8, 4) is 0 Å². The molecule has 0 radical (unpaired) electrons. The maximum atomic E-state index is 13.5. The van der Waals surface area contributed by atoms with E-state index in [2.05, 4.69) is 0 Å². The van der Waals surface area contributed by atoms with Gasteiger partial charge in [-0.05, 0) is 17.5 Å². The van der Waals surface area contributed by atoms with Gasteiger partial charge in [-0.1, -0.05) is 0 Å². The van der Waals surface area contributed by atoms with Crippen molar-refractivity contribution >= 4 is 22.6 Å². The highest BCUT2D eigenvalue weighted by Crippen LogP contribution is 2.54. The molecule has 0 aromatic heterocycles. The van der Waals surface area contributed by atoms with E-state index in [4.69, 9.17) is 5.11 Å². The lowest BCUT2D eigenvalue weighted by atomic mass is 10.2. The zero-order chi connectivity index (χ0) is 14.2. The van der Waals surface area contributed by atoms with Crippen LogP contribution >= 0.6 is 10.9 Å². The van der Waals surface area contributed by atoms with Crippen LogP contribution in [0.2, 0.25) is 0 Å². The number of aromatic carboxylic acids is 1. The van der Waals surface area contributed by atoms with Crippen molar-refractivity contribution in [1.29, 1.82) is 0 Å². The minimum atomic E-state index is -1.98. The Bertz CT molecular complexity index is 642. The zero-order valence-corrected chi connectivity index (χ0v) is 10.1. The second kappa shape index (κ2) is 4.81. The molecule has 1 N–H and O–H groups in total. The van der Waals surface area contributed by atoms with Gasteiger partial charge in [-0.15, -0.1) is 10.9 Å². The van der Waals surface area contributed by atoms with E-state index < -0.39 is 38.5 Å². The van der Waals surface area contributed by atoms with Gasteiger partial charge in [0.1, 0.15) is 11.0 Å². The van der Waals surface area contributed by atoms with Crippen molar-refractivity contribution < 1.29 is 23.6 Å². The number of thiol groups is 1. The van der Waals surface area contributed by atoms with Gasteiger partial charge in [0.25, 0.3) is 5.69 Å². The number of nitro groups is 1. The first kappa shape index (κ1) is 13.2. The number of hydrogen-bond acceptors (Lipinski definition) is 3. The predicted molar refractivity (Wildman–Crippen MR) is 65.7 cm³/mol. The maximum Gasteiger partial charge on any atom is 0.335 e. The molecule has 1 heterocycles. The van der Waals surface area contributed by atoms with E-state index in [1.807, 2.05) is 0 Å². The topological polar surface area (TPSA) is 80.4 Å². The number of carbonyl (C=O) groups is 1. The highest BCUT2D eigenvalue weighted by Gasteiger charge is 2.26. The van der Waals surface area contributed by atoms with E-state index in [9.17, 15) is 23.7 Å². The summed E-state index contributed by atoms with van der Waals surface area (Å²) >= 11 is 0. The first-order valence-electron chi connectivity index (χ1n) is 4.95. The van der Waals surface area contributed by atoms with Crippen LogP contribution in [-0.2, 0) is 0 Å². The van der Waals surface area contributed by atoms with Gasteiger partial charge in [-0.25, -0.2) is 13.6 Å². The van der Waals surface area contributed by atoms with Gasteiger partial charge in [0, 0.05) is 12.1 Å². The molecule has 19 heavy (non-hydrogen) atoms. The van der Waals surface area contributed by atoms with Crippen LogP contribution < -0.4 is 0 Å². The summed E-state index contributed by atoms with van der Waals surface area (Å²) in [6.07, 6.45) is 0.642. The van der Waals surface area contributed by atoms with E-state index in [0.29, 0.717) is 6.08 Å². The van der Waals surface area contributed by atoms with Gasteiger partial charge in [-0.2, -0.15) is 0 Å². The molecule has 1 aromatic rings. The standard InChI is InChI=1S/C11H7F2NO4S/c12-7-4-10(13)19(5-7)9-3-6(11(15)16)1-2-8(9)14(17)18/h1-5,19H,(H,15,16). The second-order valence-electron chi connectivity index (χ2n) is 3.62. The van der Waals surface area contributed by atoms with Crippen molar-refractivity contribution in [2.45, 2.75) is 4.90 Å². The predicted octanol–water partition coefficient (Wildman–Crippen LogP) is 3.29. The molecule has 1 aromatic carbocycles. The summed E-state index contributed by atoms with van der Waals surface area (Å²) in [6.45, 7) is 0. The van der Waals surface area contributed by atoms with Crippen molar-refractivity contribution in [3.05, 3.63) is 56.3 Å². The third-order valence-corrected chi connectivity index (χ3v) is 4.39. The molecule has 0 fully saturated rings. The number of allylic oxidation sites excluding steroid dienone is 2. The molecular formula is C11H7F2NO4S. The van der Waals surface area contributed by atoms with E-state index in [-0.39, 0.29) is 10.5 Å². The van der Waals surface area contributed by atoms with Gasteiger partial charge in [0.2, 0.25) is 0 Å². The SMILES string of the molecule is O=C(O)c1ccc([N+](=O)[O-])c([SH]2C=C(F)C=C2F)c1. The Hall–Kier alpha value is -2.22. The summed E-state index contributed by atoms with van der Waals surface area (Å²) in [7, 11) is -1.98. The van der Waals surface area contributed by atoms with Crippen molar-refractivity contribution in [2.75, 3.05) is 0 Å². The minimum Gasteiger partial charge on any atom is -0.478 e. The third kappa shape index (κ3) is 2.48. The number of carboxylic acid groups (broad SMARTS) is 1. The lowest BCUT2D eigenvalue weighted by molar-refractivity contribution is -0.387. The highest BCUT2D eigenvalue weighted by molar-refractivity contribution is 8.23. The lowest BCUT2D eigenvalue weighted by Crippen LogP contribution is -1.99. The van der Waals surface area contributed by atoms with Crippen molar-refractivity contribution in [2.24, 2.45) is 0 Å². The first-order valence-corrected chi connectivity index (χ1v) is 6.36. The first-order chi connectivity index (χ1) is 8.90. The molecule has 0 aliphatic carbocycles. The molecule has 1 unspecified atom stereocenters. The molecule has 0 bridgehead atoms. The molecule has 1 aliphatic heterocycles. The minimum absolute atomic E-state index is 0.124. The molecule has 0 spiro atoms. The fraction of sp³-hybridized carbons (Fsp3) is 0. The van der Waals surface area contributed by atoms with E-state index in [1.165, 1.54) is 0 Å². The van der Waals surface area contributed by atoms with Crippen LogP contribution in [-0.4, -0.2) is 16.0 Å².